The number of amides is 1. The standard InChI is InChI=1S/C18H13F5N4O2/c19-9-3-4-10(14(5-9)29-18(22)23)25-17(28)12-7-15-24-11(8-1-2-8)6-13(16(20)21)27(15)26-12/h3-8,16,18H,1-2H2,(H,25,28). The number of anilines is 1. The number of ether oxygens (including phenoxy) is 1. The first-order valence-electron chi connectivity index (χ1n) is 8.56. The Bertz CT molecular complexity index is 1080. The van der Waals surface area contributed by atoms with E-state index in [-0.39, 0.29) is 22.9 Å². The summed E-state index contributed by atoms with van der Waals surface area (Å²) >= 11 is 0. The lowest BCUT2D eigenvalue weighted by atomic mass is 10.2. The van der Waals surface area contributed by atoms with Crippen LogP contribution in [0.25, 0.3) is 5.65 Å². The molecule has 2 aromatic heterocycles. The van der Waals surface area contributed by atoms with Crippen LogP contribution in [-0.4, -0.2) is 27.1 Å². The van der Waals surface area contributed by atoms with Crippen LogP contribution in [0.2, 0.25) is 0 Å². The molecule has 0 aliphatic heterocycles. The van der Waals surface area contributed by atoms with Crippen molar-refractivity contribution < 1.29 is 31.5 Å². The fourth-order valence-electron chi connectivity index (χ4n) is 2.85. The van der Waals surface area contributed by atoms with E-state index in [4.69, 9.17) is 0 Å². The topological polar surface area (TPSA) is 68.5 Å². The number of hydrogen-bond donors (Lipinski definition) is 1. The van der Waals surface area contributed by atoms with Gasteiger partial charge in [0.15, 0.2) is 17.1 Å². The normalized spacial score (nSPS) is 14.0. The van der Waals surface area contributed by atoms with Crippen LogP contribution < -0.4 is 10.1 Å². The Kier molecular flexibility index (Phi) is 4.81. The molecule has 0 bridgehead atoms. The zero-order chi connectivity index (χ0) is 20.7. The molecule has 4 rings (SSSR count). The molecule has 0 radical (unpaired) electrons. The summed E-state index contributed by atoms with van der Waals surface area (Å²) in [5.74, 6) is -2.20. The molecule has 1 amide bonds. The minimum absolute atomic E-state index is 0.0676. The van der Waals surface area contributed by atoms with Crippen LogP contribution in [-0.2, 0) is 0 Å². The first kappa shape index (κ1) is 19.1. The second kappa shape index (κ2) is 7.30. The van der Waals surface area contributed by atoms with Crippen molar-refractivity contribution in [1.29, 1.82) is 0 Å². The van der Waals surface area contributed by atoms with Gasteiger partial charge in [0, 0.05) is 23.7 Å². The summed E-state index contributed by atoms with van der Waals surface area (Å²) in [5, 5.41) is 6.12. The maximum atomic E-state index is 13.4. The number of carbonyl (C=O) groups is 1. The Morgan fingerprint density at radius 2 is 1.93 bits per heavy atom. The number of halogens is 5. The predicted molar refractivity (Wildman–Crippen MR) is 90.9 cm³/mol. The Morgan fingerprint density at radius 3 is 2.59 bits per heavy atom. The molecule has 0 spiro atoms. The van der Waals surface area contributed by atoms with Crippen LogP contribution in [0.5, 0.6) is 5.75 Å². The predicted octanol–water partition coefficient (Wildman–Crippen LogP) is 4.54. The number of aromatic nitrogens is 3. The third kappa shape index (κ3) is 3.98. The van der Waals surface area contributed by atoms with Crippen LogP contribution in [0.15, 0.2) is 30.3 Å². The van der Waals surface area contributed by atoms with Crippen LogP contribution in [0, 0.1) is 5.82 Å². The number of nitrogens with one attached hydrogen (secondary N) is 1. The van der Waals surface area contributed by atoms with Gasteiger partial charge in [-0.3, -0.25) is 4.79 Å². The van der Waals surface area contributed by atoms with E-state index in [1.165, 1.54) is 12.1 Å². The first-order chi connectivity index (χ1) is 13.8. The van der Waals surface area contributed by atoms with Crippen LogP contribution in [0.1, 0.15) is 47.1 Å². The average molecular weight is 412 g/mol. The van der Waals surface area contributed by atoms with Crippen molar-refractivity contribution in [3.8, 4) is 5.75 Å². The molecule has 0 saturated heterocycles. The fraction of sp³-hybridized carbons (Fsp3) is 0.278. The summed E-state index contributed by atoms with van der Waals surface area (Å²) < 4.78 is 70.2. The summed E-state index contributed by atoms with van der Waals surface area (Å²) in [6.45, 7) is -3.23. The second-order valence-electron chi connectivity index (χ2n) is 6.45. The van der Waals surface area contributed by atoms with Gasteiger partial charge in [-0.15, -0.1) is 0 Å². The van der Waals surface area contributed by atoms with Crippen molar-refractivity contribution in [3.63, 3.8) is 0 Å². The molecule has 1 aliphatic rings. The quantitative estimate of drug-likeness (QED) is 0.604. The maximum Gasteiger partial charge on any atom is 0.387 e. The van der Waals surface area contributed by atoms with Gasteiger partial charge < -0.3 is 10.1 Å². The fourth-order valence-corrected chi connectivity index (χ4v) is 2.85. The lowest BCUT2D eigenvalue weighted by Gasteiger charge is -2.11. The number of benzene rings is 1. The molecule has 1 aromatic carbocycles. The highest BCUT2D eigenvalue weighted by Crippen LogP contribution is 2.40. The number of rotatable bonds is 6. The summed E-state index contributed by atoms with van der Waals surface area (Å²) in [4.78, 5) is 16.8. The van der Waals surface area contributed by atoms with Gasteiger partial charge in [0.1, 0.15) is 11.5 Å². The Labute approximate surface area is 160 Å². The molecule has 1 N–H and O–H groups in total. The summed E-state index contributed by atoms with van der Waals surface area (Å²) in [6, 6.07) is 5.14. The number of hydrogen-bond acceptors (Lipinski definition) is 4. The molecule has 11 heteroatoms. The monoisotopic (exact) mass is 412 g/mol. The minimum Gasteiger partial charge on any atom is -0.432 e. The van der Waals surface area contributed by atoms with E-state index in [0.29, 0.717) is 11.8 Å². The van der Waals surface area contributed by atoms with Gasteiger partial charge in [0.25, 0.3) is 12.3 Å². The van der Waals surface area contributed by atoms with Gasteiger partial charge in [-0.2, -0.15) is 13.9 Å². The molecule has 1 aliphatic carbocycles. The van der Waals surface area contributed by atoms with Crippen molar-refractivity contribution in [2.75, 3.05) is 5.32 Å². The zero-order valence-electron chi connectivity index (χ0n) is 14.6. The van der Waals surface area contributed by atoms with E-state index in [2.05, 4.69) is 20.1 Å². The molecule has 152 valence electrons. The van der Waals surface area contributed by atoms with Gasteiger partial charge in [-0.1, -0.05) is 0 Å². The van der Waals surface area contributed by atoms with E-state index in [0.717, 1.165) is 29.5 Å². The lowest BCUT2D eigenvalue weighted by Crippen LogP contribution is -2.15. The number of carbonyl (C=O) groups excluding carboxylic acids is 1. The van der Waals surface area contributed by atoms with E-state index in [1.807, 2.05) is 0 Å². The third-order valence-corrected chi connectivity index (χ3v) is 4.33. The molecular formula is C18H13F5N4O2. The largest absolute Gasteiger partial charge is 0.432 e. The van der Waals surface area contributed by atoms with E-state index in [9.17, 15) is 26.7 Å². The molecule has 0 atom stereocenters. The van der Waals surface area contributed by atoms with Gasteiger partial charge in [0.05, 0.1) is 5.69 Å². The Balaban J connectivity index is 1.67. The first-order valence-corrected chi connectivity index (χ1v) is 8.56. The van der Waals surface area contributed by atoms with Gasteiger partial charge in [-0.25, -0.2) is 22.7 Å². The molecule has 29 heavy (non-hydrogen) atoms. The van der Waals surface area contributed by atoms with Crippen LogP contribution in [0.3, 0.4) is 0 Å². The highest BCUT2D eigenvalue weighted by molar-refractivity contribution is 6.04. The van der Waals surface area contributed by atoms with Gasteiger partial charge in [0.2, 0.25) is 0 Å². The molecule has 0 unspecified atom stereocenters. The smallest absolute Gasteiger partial charge is 0.387 e. The van der Waals surface area contributed by atoms with Crippen molar-refractivity contribution in [2.24, 2.45) is 0 Å². The van der Waals surface area contributed by atoms with Crippen LogP contribution >= 0.6 is 0 Å². The maximum absolute atomic E-state index is 13.4. The van der Waals surface area contributed by atoms with Gasteiger partial charge >= 0.3 is 6.61 Å². The van der Waals surface area contributed by atoms with Crippen molar-refractivity contribution in [1.82, 2.24) is 14.6 Å². The molecule has 6 nitrogen and oxygen atoms in total. The Morgan fingerprint density at radius 1 is 1.17 bits per heavy atom. The third-order valence-electron chi connectivity index (χ3n) is 4.33. The SMILES string of the molecule is O=C(Nc1ccc(F)cc1OC(F)F)c1cc2nc(C3CC3)cc(C(F)F)n2n1. The molecular weight excluding hydrogens is 399 g/mol. The second-order valence-corrected chi connectivity index (χ2v) is 6.45. The number of fused-ring (bicyclic) bond motifs is 1. The lowest BCUT2D eigenvalue weighted by molar-refractivity contribution is -0.0495. The van der Waals surface area contributed by atoms with E-state index >= 15 is 0 Å². The zero-order valence-corrected chi connectivity index (χ0v) is 14.6. The highest BCUT2D eigenvalue weighted by Gasteiger charge is 2.28. The van der Waals surface area contributed by atoms with Crippen molar-refractivity contribution in [2.45, 2.75) is 31.8 Å². The molecule has 1 saturated carbocycles. The Hall–Kier alpha value is -3.24. The van der Waals surface area contributed by atoms with Crippen molar-refractivity contribution >= 4 is 17.2 Å². The number of nitrogens with zero attached hydrogens (tertiary/aromatic N) is 3. The van der Waals surface area contributed by atoms with E-state index < -0.39 is 36.2 Å². The summed E-state index contributed by atoms with van der Waals surface area (Å²) in [7, 11) is 0. The summed E-state index contributed by atoms with van der Waals surface area (Å²) in [6.07, 6.45) is -1.13. The summed E-state index contributed by atoms with van der Waals surface area (Å²) in [5.41, 5.74) is -0.322. The van der Waals surface area contributed by atoms with Crippen LogP contribution in [0.4, 0.5) is 27.6 Å². The number of alkyl halides is 4. The minimum atomic E-state index is -3.23. The highest BCUT2D eigenvalue weighted by atomic mass is 19.3. The average Bonchev–Trinajstić information content (AvgIpc) is 3.41. The molecule has 1 fully saturated rings. The van der Waals surface area contributed by atoms with Crippen molar-refractivity contribution in [3.05, 3.63) is 53.2 Å². The molecule has 2 heterocycles. The van der Waals surface area contributed by atoms with E-state index in [1.54, 1.807) is 0 Å². The molecule has 3 aromatic rings. The van der Waals surface area contributed by atoms with Gasteiger partial charge in [-0.05, 0) is 31.0 Å².